The minimum absolute atomic E-state index is 0.114. The molecule has 0 radical (unpaired) electrons. The molecule has 0 aliphatic carbocycles. The maximum absolute atomic E-state index is 13.4. The largest absolute Gasteiger partial charge is 0.272 e. The molecule has 1 aromatic carbocycles. The van der Waals surface area contributed by atoms with Crippen molar-refractivity contribution < 1.29 is 9.31 Å². The second-order valence-electron chi connectivity index (χ2n) is 4.09. The summed E-state index contributed by atoms with van der Waals surface area (Å²) in [5.41, 5.74) is -0.217. The van der Waals surface area contributed by atoms with Gasteiger partial charge in [0.1, 0.15) is 5.82 Å². The Morgan fingerprint density at radius 3 is 2.40 bits per heavy atom. The zero-order valence-electron chi connectivity index (χ0n) is 8.78. The summed E-state index contributed by atoms with van der Waals surface area (Å²) in [6.07, 6.45) is 0. The summed E-state index contributed by atoms with van der Waals surface area (Å²) in [6.45, 7) is 5.87. The fourth-order valence-electron chi connectivity index (χ4n) is 1.02. The molecule has 5 heteroatoms. The predicted octanol–water partition coefficient (Wildman–Crippen LogP) is 3.62. The Morgan fingerprint density at radius 1 is 1.40 bits per heavy atom. The molecule has 15 heavy (non-hydrogen) atoms. The first-order chi connectivity index (χ1) is 6.79. The third-order valence-corrected chi connectivity index (χ3v) is 2.71. The molecule has 0 aliphatic rings. The Labute approximate surface area is 91.8 Å². The van der Waals surface area contributed by atoms with Gasteiger partial charge in [0.2, 0.25) is 0 Å². The first-order valence-corrected chi connectivity index (χ1v) is 5.24. The lowest BCUT2D eigenvalue weighted by molar-refractivity contribution is -0.385. The summed E-state index contributed by atoms with van der Waals surface area (Å²) in [7, 11) is 0. The van der Waals surface area contributed by atoms with Crippen LogP contribution in [0.15, 0.2) is 23.1 Å². The number of halogens is 1. The average molecular weight is 229 g/mol. The molecule has 0 atom stereocenters. The zero-order valence-corrected chi connectivity index (χ0v) is 9.60. The van der Waals surface area contributed by atoms with Crippen molar-refractivity contribution in [3.05, 3.63) is 34.1 Å². The topological polar surface area (TPSA) is 43.1 Å². The van der Waals surface area contributed by atoms with E-state index in [4.69, 9.17) is 0 Å². The summed E-state index contributed by atoms with van der Waals surface area (Å²) < 4.78 is 13.3. The molecule has 82 valence electrons. The molecule has 1 rings (SSSR count). The van der Waals surface area contributed by atoms with Crippen LogP contribution in [0.25, 0.3) is 0 Å². The highest BCUT2D eigenvalue weighted by Crippen LogP contribution is 2.34. The molecular formula is C10H12FNO2S. The number of nitro groups is 1. The first-order valence-electron chi connectivity index (χ1n) is 4.42. The van der Waals surface area contributed by atoms with Crippen LogP contribution < -0.4 is 0 Å². The lowest BCUT2D eigenvalue weighted by Gasteiger charge is -2.17. The quantitative estimate of drug-likeness (QED) is 0.442. The van der Waals surface area contributed by atoms with Crippen LogP contribution >= 0.6 is 11.8 Å². The van der Waals surface area contributed by atoms with E-state index >= 15 is 0 Å². The number of nitrogens with zero attached hydrogens (tertiary/aromatic N) is 1. The van der Waals surface area contributed by atoms with Crippen molar-refractivity contribution in [2.45, 2.75) is 30.4 Å². The minimum Gasteiger partial charge on any atom is -0.258 e. The van der Waals surface area contributed by atoms with Crippen molar-refractivity contribution in [2.24, 2.45) is 0 Å². The number of hydrogen-bond acceptors (Lipinski definition) is 3. The molecule has 0 bridgehead atoms. The van der Waals surface area contributed by atoms with Gasteiger partial charge < -0.3 is 0 Å². The highest BCUT2D eigenvalue weighted by Gasteiger charge is 2.17. The van der Waals surface area contributed by atoms with E-state index in [1.54, 1.807) is 0 Å². The molecule has 3 nitrogen and oxygen atoms in total. The highest BCUT2D eigenvalue weighted by molar-refractivity contribution is 8.00. The summed E-state index contributed by atoms with van der Waals surface area (Å²) >= 11 is 1.35. The molecule has 0 amide bonds. The lowest BCUT2D eigenvalue weighted by Crippen LogP contribution is -2.07. The minimum atomic E-state index is -0.603. The number of hydrogen-bond donors (Lipinski definition) is 0. The maximum atomic E-state index is 13.4. The number of nitro benzene ring substituents is 1. The third-order valence-electron chi connectivity index (χ3n) is 1.54. The molecule has 0 aliphatic heterocycles. The van der Waals surface area contributed by atoms with Crippen molar-refractivity contribution in [3.63, 3.8) is 0 Å². The lowest BCUT2D eigenvalue weighted by atomic mass is 10.3. The maximum Gasteiger partial charge on any atom is 0.272 e. The van der Waals surface area contributed by atoms with E-state index in [0.29, 0.717) is 4.90 Å². The van der Waals surface area contributed by atoms with Gasteiger partial charge in [-0.2, -0.15) is 0 Å². The smallest absolute Gasteiger partial charge is 0.258 e. The summed E-state index contributed by atoms with van der Waals surface area (Å²) in [4.78, 5) is 10.2. The van der Waals surface area contributed by atoms with E-state index < -0.39 is 10.7 Å². The van der Waals surface area contributed by atoms with Gasteiger partial charge in [-0.05, 0) is 6.07 Å². The molecule has 0 spiro atoms. The van der Waals surface area contributed by atoms with Crippen LogP contribution in [0.5, 0.6) is 0 Å². The van der Waals surface area contributed by atoms with Gasteiger partial charge in [0.15, 0.2) is 0 Å². The third kappa shape index (κ3) is 3.51. The summed E-state index contributed by atoms with van der Waals surface area (Å²) in [5.74, 6) is -0.538. The van der Waals surface area contributed by atoms with E-state index in [9.17, 15) is 14.5 Å². The second kappa shape index (κ2) is 4.18. The van der Waals surface area contributed by atoms with Crippen molar-refractivity contribution >= 4 is 17.4 Å². The van der Waals surface area contributed by atoms with E-state index in [2.05, 4.69) is 0 Å². The fourth-order valence-corrected chi connectivity index (χ4v) is 1.97. The second-order valence-corrected chi connectivity index (χ2v) is 5.95. The number of thioether (sulfide) groups is 1. The normalized spacial score (nSPS) is 11.5. The summed E-state index contributed by atoms with van der Waals surface area (Å²) in [5, 5.41) is 10.4. The van der Waals surface area contributed by atoms with Gasteiger partial charge in [0, 0.05) is 15.7 Å². The van der Waals surface area contributed by atoms with E-state index in [1.807, 2.05) is 20.8 Å². The predicted molar refractivity (Wildman–Crippen MR) is 58.7 cm³/mol. The van der Waals surface area contributed by atoms with Gasteiger partial charge in [-0.15, -0.1) is 11.8 Å². The average Bonchev–Trinajstić information content (AvgIpc) is 2.05. The van der Waals surface area contributed by atoms with Gasteiger partial charge in [0.25, 0.3) is 5.69 Å². The van der Waals surface area contributed by atoms with Crippen LogP contribution in [0.1, 0.15) is 20.8 Å². The Bertz CT molecular complexity index is 387. The Balaban J connectivity index is 2.99. The van der Waals surface area contributed by atoms with Crippen molar-refractivity contribution in [2.75, 3.05) is 0 Å². The number of non-ortho nitro benzene ring substituents is 1. The molecule has 0 aromatic heterocycles. The van der Waals surface area contributed by atoms with E-state index in [0.717, 1.165) is 6.07 Å². The van der Waals surface area contributed by atoms with Gasteiger partial charge in [-0.1, -0.05) is 20.8 Å². The van der Waals surface area contributed by atoms with E-state index in [1.165, 1.54) is 23.9 Å². The molecule has 0 unspecified atom stereocenters. The standard InChI is InChI=1S/C10H12FNO2S/c1-10(2,3)15-9-5-4-7(12(13)14)6-8(9)11/h4-6H,1-3H3. The fraction of sp³-hybridized carbons (Fsp3) is 0.400. The Morgan fingerprint density at radius 2 is 2.00 bits per heavy atom. The first kappa shape index (κ1) is 12.0. The molecule has 1 aromatic rings. The van der Waals surface area contributed by atoms with Crippen LogP contribution in [0, 0.1) is 15.9 Å². The molecular weight excluding hydrogens is 217 g/mol. The molecule has 0 saturated heterocycles. The monoisotopic (exact) mass is 229 g/mol. The van der Waals surface area contributed by atoms with Gasteiger partial charge in [-0.25, -0.2) is 4.39 Å². The SMILES string of the molecule is CC(C)(C)Sc1ccc([N+](=O)[O-])cc1F. The van der Waals surface area contributed by atoms with Crippen molar-refractivity contribution in [1.29, 1.82) is 0 Å². The molecule has 0 heterocycles. The van der Waals surface area contributed by atoms with Crippen LogP contribution in [0.3, 0.4) is 0 Å². The number of benzene rings is 1. The van der Waals surface area contributed by atoms with Crippen molar-refractivity contribution in [3.8, 4) is 0 Å². The van der Waals surface area contributed by atoms with Gasteiger partial charge in [-0.3, -0.25) is 10.1 Å². The zero-order chi connectivity index (χ0) is 11.6. The van der Waals surface area contributed by atoms with Crippen LogP contribution in [0.2, 0.25) is 0 Å². The molecule has 0 fully saturated rings. The Kier molecular flexibility index (Phi) is 3.34. The Hall–Kier alpha value is -1.10. The van der Waals surface area contributed by atoms with Gasteiger partial charge >= 0.3 is 0 Å². The van der Waals surface area contributed by atoms with Crippen LogP contribution in [-0.4, -0.2) is 9.67 Å². The molecule has 0 saturated carbocycles. The van der Waals surface area contributed by atoms with Crippen LogP contribution in [0.4, 0.5) is 10.1 Å². The van der Waals surface area contributed by atoms with Crippen LogP contribution in [-0.2, 0) is 0 Å². The highest BCUT2D eigenvalue weighted by atomic mass is 32.2. The van der Waals surface area contributed by atoms with Gasteiger partial charge in [0.05, 0.1) is 11.0 Å². The number of rotatable bonds is 2. The van der Waals surface area contributed by atoms with E-state index in [-0.39, 0.29) is 10.4 Å². The molecule has 0 N–H and O–H groups in total. The summed E-state index contributed by atoms with van der Waals surface area (Å²) in [6, 6.07) is 3.72. The van der Waals surface area contributed by atoms with Crippen molar-refractivity contribution in [1.82, 2.24) is 0 Å².